The molecule has 1 N–H and O–H groups in total. The van der Waals surface area contributed by atoms with Gasteiger partial charge >= 0.3 is 0 Å². The molecule has 1 aromatic heterocycles. The van der Waals surface area contributed by atoms with Gasteiger partial charge in [-0.3, -0.25) is 9.78 Å². The molecule has 0 unspecified atom stereocenters. The Bertz CT molecular complexity index is 626. The summed E-state index contributed by atoms with van der Waals surface area (Å²) in [5.41, 5.74) is -0.253. The quantitative estimate of drug-likeness (QED) is 0.913. The first-order valence-corrected chi connectivity index (χ1v) is 5.80. The van der Waals surface area contributed by atoms with Crippen molar-refractivity contribution in [2.24, 2.45) is 0 Å². The lowest BCUT2D eigenvalue weighted by atomic mass is 10.2. The third-order valence-electron chi connectivity index (χ3n) is 2.26. The van der Waals surface area contributed by atoms with Gasteiger partial charge in [0.1, 0.15) is 5.82 Å². The first kappa shape index (κ1) is 13.7. The Morgan fingerprint density at radius 3 is 2.58 bits per heavy atom. The number of aromatic nitrogens is 1. The molecule has 1 amide bonds. The van der Waals surface area contributed by atoms with Crippen molar-refractivity contribution in [2.75, 3.05) is 5.32 Å². The number of carbonyl (C=O) groups excluding carboxylic acids is 1. The summed E-state index contributed by atoms with van der Waals surface area (Å²) < 4.78 is 26.4. The van der Waals surface area contributed by atoms with Gasteiger partial charge in [0.15, 0.2) is 5.82 Å². The van der Waals surface area contributed by atoms with Gasteiger partial charge < -0.3 is 5.32 Å². The average Bonchev–Trinajstić information content (AvgIpc) is 2.34. The SMILES string of the molecule is O=C(Nc1c(F)cc(F)cc1Cl)c1cnccc1Cl. The largest absolute Gasteiger partial charge is 0.318 e. The molecule has 98 valence electrons. The number of hydrogen-bond donors (Lipinski definition) is 1. The lowest BCUT2D eigenvalue weighted by molar-refractivity contribution is 0.102. The Labute approximate surface area is 117 Å². The first-order valence-electron chi connectivity index (χ1n) is 5.04. The van der Waals surface area contributed by atoms with Gasteiger partial charge in [0, 0.05) is 18.5 Å². The van der Waals surface area contributed by atoms with Gasteiger partial charge in [0.05, 0.1) is 21.3 Å². The second-order valence-corrected chi connectivity index (χ2v) is 4.37. The first-order chi connectivity index (χ1) is 8.99. The highest BCUT2D eigenvalue weighted by Crippen LogP contribution is 2.27. The number of hydrogen-bond acceptors (Lipinski definition) is 2. The summed E-state index contributed by atoms with van der Waals surface area (Å²) >= 11 is 11.5. The predicted molar refractivity (Wildman–Crippen MR) is 68.6 cm³/mol. The van der Waals surface area contributed by atoms with E-state index in [1.165, 1.54) is 18.5 Å². The smallest absolute Gasteiger partial charge is 0.258 e. The molecule has 0 radical (unpaired) electrons. The third-order valence-corrected chi connectivity index (χ3v) is 2.89. The van der Waals surface area contributed by atoms with Gasteiger partial charge in [-0.25, -0.2) is 8.78 Å². The topological polar surface area (TPSA) is 42.0 Å². The molecule has 0 atom stereocenters. The summed E-state index contributed by atoms with van der Waals surface area (Å²) in [5, 5.41) is 2.14. The number of rotatable bonds is 2. The zero-order valence-corrected chi connectivity index (χ0v) is 10.8. The molecule has 2 rings (SSSR count). The van der Waals surface area contributed by atoms with Crippen LogP contribution in [-0.2, 0) is 0 Å². The van der Waals surface area contributed by atoms with E-state index in [-0.39, 0.29) is 21.3 Å². The minimum Gasteiger partial charge on any atom is -0.318 e. The number of carbonyl (C=O) groups is 1. The van der Waals surface area contributed by atoms with Crippen molar-refractivity contribution in [1.29, 1.82) is 0 Å². The van der Waals surface area contributed by atoms with Crippen molar-refractivity contribution in [3.63, 3.8) is 0 Å². The van der Waals surface area contributed by atoms with Crippen LogP contribution in [0.1, 0.15) is 10.4 Å². The highest BCUT2D eigenvalue weighted by atomic mass is 35.5. The summed E-state index contributed by atoms with van der Waals surface area (Å²) in [6, 6.07) is 2.93. The highest BCUT2D eigenvalue weighted by molar-refractivity contribution is 6.35. The van der Waals surface area contributed by atoms with Gasteiger partial charge in [-0.1, -0.05) is 23.2 Å². The Hall–Kier alpha value is -1.72. The maximum absolute atomic E-state index is 13.5. The molecule has 1 heterocycles. The minimum absolute atomic E-state index is 0.0592. The molecule has 0 saturated heterocycles. The van der Waals surface area contributed by atoms with E-state index in [2.05, 4.69) is 10.3 Å². The number of benzene rings is 1. The van der Waals surface area contributed by atoms with Crippen LogP contribution in [0, 0.1) is 11.6 Å². The molecule has 0 spiro atoms. The molecule has 2 aromatic rings. The van der Waals surface area contributed by atoms with E-state index in [1.54, 1.807) is 0 Å². The van der Waals surface area contributed by atoms with Gasteiger partial charge in [0.25, 0.3) is 5.91 Å². The molecule has 0 fully saturated rings. The summed E-state index contributed by atoms with van der Waals surface area (Å²) in [5.74, 6) is -2.50. The normalized spacial score (nSPS) is 10.3. The molecule has 3 nitrogen and oxygen atoms in total. The molecule has 7 heteroatoms. The minimum atomic E-state index is -0.974. The lowest BCUT2D eigenvalue weighted by Gasteiger charge is -2.09. The number of anilines is 1. The Morgan fingerprint density at radius 1 is 1.21 bits per heavy atom. The molecule has 0 aliphatic heterocycles. The number of nitrogens with one attached hydrogen (secondary N) is 1. The monoisotopic (exact) mass is 302 g/mol. The summed E-state index contributed by atoms with van der Waals surface area (Å²) in [6.07, 6.45) is 2.64. The van der Waals surface area contributed by atoms with E-state index in [0.29, 0.717) is 6.07 Å². The molecular weight excluding hydrogens is 297 g/mol. The third kappa shape index (κ3) is 3.00. The Balaban J connectivity index is 2.32. The van der Waals surface area contributed by atoms with Crippen molar-refractivity contribution < 1.29 is 13.6 Å². The number of amides is 1. The van der Waals surface area contributed by atoms with Crippen molar-refractivity contribution in [3.05, 3.63) is 57.8 Å². The van der Waals surface area contributed by atoms with Gasteiger partial charge in [-0.2, -0.15) is 0 Å². The number of pyridine rings is 1. The maximum Gasteiger partial charge on any atom is 0.258 e. The van der Waals surface area contributed by atoms with Crippen LogP contribution in [0.5, 0.6) is 0 Å². The number of nitrogens with zero attached hydrogens (tertiary/aromatic N) is 1. The molecule has 0 bridgehead atoms. The molecular formula is C12H6Cl2F2N2O. The standard InChI is InChI=1S/C12H6Cl2F2N2O/c13-8-1-2-17-5-7(8)12(19)18-11-9(14)3-6(15)4-10(11)16/h1-5H,(H,18,19). The summed E-state index contributed by atoms with van der Waals surface area (Å²) in [7, 11) is 0. The fraction of sp³-hybridized carbons (Fsp3) is 0. The predicted octanol–water partition coefficient (Wildman–Crippen LogP) is 3.92. The molecule has 1 aromatic carbocycles. The molecule has 0 aliphatic carbocycles. The van der Waals surface area contributed by atoms with E-state index in [0.717, 1.165) is 6.07 Å². The van der Waals surface area contributed by atoms with Crippen LogP contribution in [0.2, 0.25) is 10.0 Å². The van der Waals surface area contributed by atoms with E-state index in [9.17, 15) is 13.6 Å². The Kier molecular flexibility index (Phi) is 3.97. The Morgan fingerprint density at radius 2 is 1.95 bits per heavy atom. The second kappa shape index (κ2) is 5.50. The summed E-state index contributed by atoms with van der Waals surface area (Å²) in [6.45, 7) is 0. The van der Waals surface area contributed by atoms with Crippen LogP contribution in [0.25, 0.3) is 0 Å². The second-order valence-electron chi connectivity index (χ2n) is 3.55. The molecule has 0 aliphatic rings. The zero-order valence-electron chi connectivity index (χ0n) is 9.25. The van der Waals surface area contributed by atoms with Crippen molar-refractivity contribution in [3.8, 4) is 0 Å². The van der Waals surface area contributed by atoms with Crippen LogP contribution in [0.3, 0.4) is 0 Å². The van der Waals surface area contributed by atoms with E-state index < -0.39 is 17.5 Å². The van der Waals surface area contributed by atoms with Crippen LogP contribution in [-0.4, -0.2) is 10.9 Å². The van der Waals surface area contributed by atoms with Gasteiger partial charge in [-0.05, 0) is 12.1 Å². The lowest BCUT2D eigenvalue weighted by Crippen LogP contribution is -2.14. The van der Waals surface area contributed by atoms with Crippen molar-refractivity contribution in [2.45, 2.75) is 0 Å². The average molecular weight is 303 g/mol. The van der Waals surface area contributed by atoms with Crippen LogP contribution in [0.15, 0.2) is 30.6 Å². The van der Waals surface area contributed by atoms with E-state index in [4.69, 9.17) is 23.2 Å². The fourth-order valence-electron chi connectivity index (χ4n) is 1.39. The maximum atomic E-state index is 13.5. The van der Waals surface area contributed by atoms with Crippen LogP contribution < -0.4 is 5.32 Å². The summed E-state index contributed by atoms with van der Waals surface area (Å²) in [4.78, 5) is 15.6. The molecule has 0 saturated carbocycles. The highest BCUT2D eigenvalue weighted by Gasteiger charge is 2.16. The van der Waals surface area contributed by atoms with Gasteiger partial charge in [0.2, 0.25) is 0 Å². The van der Waals surface area contributed by atoms with Crippen LogP contribution in [0.4, 0.5) is 14.5 Å². The van der Waals surface area contributed by atoms with Gasteiger partial charge in [-0.15, -0.1) is 0 Å². The zero-order chi connectivity index (χ0) is 14.0. The number of halogens is 4. The fourth-order valence-corrected chi connectivity index (χ4v) is 1.82. The van der Waals surface area contributed by atoms with E-state index in [1.807, 2.05) is 0 Å². The van der Waals surface area contributed by atoms with Crippen molar-refractivity contribution >= 4 is 34.8 Å². The van der Waals surface area contributed by atoms with E-state index >= 15 is 0 Å². The van der Waals surface area contributed by atoms with Crippen molar-refractivity contribution in [1.82, 2.24) is 4.98 Å². The molecule has 19 heavy (non-hydrogen) atoms. The van der Waals surface area contributed by atoms with Crippen LogP contribution >= 0.6 is 23.2 Å².